The maximum Gasteiger partial charge on any atom is 0.268 e. The molecule has 2 amide bonds. The Balaban J connectivity index is 1.87. The summed E-state index contributed by atoms with van der Waals surface area (Å²) in [7, 11) is 3.33. The average Bonchev–Trinajstić information content (AvgIpc) is 2.79. The van der Waals surface area contributed by atoms with Gasteiger partial charge < -0.3 is 20.3 Å². The van der Waals surface area contributed by atoms with E-state index in [1.807, 2.05) is 0 Å². The number of nitrogens with zero attached hydrogens (tertiary/aromatic N) is 1. The van der Waals surface area contributed by atoms with E-state index in [4.69, 9.17) is 4.74 Å². The van der Waals surface area contributed by atoms with Crippen molar-refractivity contribution in [3.63, 3.8) is 0 Å². The average molecular weight is 413 g/mol. The number of hydrogen-bond acceptors (Lipinski definition) is 4. The van der Waals surface area contributed by atoms with Crippen molar-refractivity contribution in [2.75, 3.05) is 27.2 Å². The van der Waals surface area contributed by atoms with Gasteiger partial charge in [0.1, 0.15) is 11.6 Å². The van der Waals surface area contributed by atoms with Crippen molar-refractivity contribution in [1.29, 1.82) is 0 Å². The number of nitrogens with one attached hydrogen (secondary N) is 2. The van der Waals surface area contributed by atoms with Crippen molar-refractivity contribution >= 4 is 11.8 Å². The number of halogens is 1. The van der Waals surface area contributed by atoms with E-state index >= 15 is 0 Å². The van der Waals surface area contributed by atoms with Crippen molar-refractivity contribution in [2.24, 2.45) is 0 Å². The molecule has 30 heavy (non-hydrogen) atoms. The van der Waals surface area contributed by atoms with Crippen LogP contribution in [-0.4, -0.2) is 49.9 Å². The second kappa shape index (κ2) is 9.71. The SMILES string of the molecule is CNC(=O)c1ccc(O[C@H](C(=O)N(C)C2CCNCC2)c2ccc(C)c(F)c2)cc1. The van der Waals surface area contributed by atoms with Crippen LogP contribution in [0.1, 0.15) is 40.4 Å². The summed E-state index contributed by atoms with van der Waals surface area (Å²) in [4.78, 5) is 26.8. The molecule has 0 unspecified atom stereocenters. The van der Waals surface area contributed by atoms with Crippen LogP contribution >= 0.6 is 0 Å². The van der Waals surface area contributed by atoms with Crippen molar-refractivity contribution < 1.29 is 18.7 Å². The Bertz CT molecular complexity index is 895. The smallest absolute Gasteiger partial charge is 0.268 e. The first-order valence-electron chi connectivity index (χ1n) is 10.1. The number of piperidine rings is 1. The molecular formula is C23H28FN3O3. The minimum atomic E-state index is -0.981. The highest BCUT2D eigenvalue weighted by atomic mass is 19.1. The number of carbonyl (C=O) groups excluding carboxylic acids is 2. The Morgan fingerprint density at radius 2 is 1.83 bits per heavy atom. The van der Waals surface area contributed by atoms with E-state index in [0.717, 1.165) is 25.9 Å². The molecule has 6 nitrogen and oxygen atoms in total. The summed E-state index contributed by atoms with van der Waals surface area (Å²) in [5, 5.41) is 5.85. The van der Waals surface area contributed by atoms with Crippen molar-refractivity contribution in [2.45, 2.75) is 31.9 Å². The second-order valence-corrected chi connectivity index (χ2v) is 7.54. The number of benzene rings is 2. The fourth-order valence-corrected chi connectivity index (χ4v) is 3.56. The summed E-state index contributed by atoms with van der Waals surface area (Å²) in [5.41, 5.74) is 1.45. The first kappa shape index (κ1) is 21.8. The van der Waals surface area contributed by atoms with E-state index < -0.39 is 6.10 Å². The molecule has 0 radical (unpaired) electrons. The Morgan fingerprint density at radius 1 is 1.17 bits per heavy atom. The van der Waals surface area contributed by atoms with Crippen LogP contribution in [0.2, 0.25) is 0 Å². The predicted octanol–water partition coefficient (Wildman–Crippen LogP) is 2.82. The molecule has 2 N–H and O–H groups in total. The molecule has 160 valence electrons. The summed E-state index contributed by atoms with van der Waals surface area (Å²) in [6, 6.07) is 11.4. The molecule has 0 aliphatic carbocycles. The minimum Gasteiger partial charge on any atom is -0.476 e. The summed E-state index contributed by atoms with van der Waals surface area (Å²) >= 11 is 0. The zero-order chi connectivity index (χ0) is 21.7. The van der Waals surface area contributed by atoms with Gasteiger partial charge in [0.25, 0.3) is 11.8 Å². The van der Waals surface area contributed by atoms with Crippen LogP contribution in [0.5, 0.6) is 5.75 Å². The minimum absolute atomic E-state index is 0.107. The normalized spacial score (nSPS) is 15.3. The Hall–Kier alpha value is -2.93. The molecule has 1 saturated heterocycles. The standard InChI is InChI=1S/C23H28FN3O3/c1-15-4-5-17(14-20(15)24)21(23(29)27(3)18-10-12-26-13-11-18)30-19-8-6-16(7-9-19)22(28)25-2/h4-9,14,18,21,26H,10-13H2,1-3H3,(H,25,28)/t21-/m0/s1. The highest BCUT2D eigenvalue weighted by molar-refractivity contribution is 5.94. The third-order valence-electron chi connectivity index (χ3n) is 5.52. The topological polar surface area (TPSA) is 70.7 Å². The zero-order valence-corrected chi connectivity index (χ0v) is 17.6. The lowest BCUT2D eigenvalue weighted by Crippen LogP contribution is -2.46. The third kappa shape index (κ3) is 4.97. The predicted molar refractivity (Wildman–Crippen MR) is 113 cm³/mol. The number of ether oxygens (including phenoxy) is 1. The van der Waals surface area contributed by atoms with Gasteiger partial charge in [0.2, 0.25) is 6.10 Å². The maximum absolute atomic E-state index is 14.2. The molecule has 1 heterocycles. The van der Waals surface area contributed by atoms with Crippen LogP contribution in [0.4, 0.5) is 4.39 Å². The van der Waals surface area contributed by atoms with Crippen LogP contribution in [0.15, 0.2) is 42.5 Å². The number of hydrogen-bond donors (Lipinski definition) is 2. The quantitative estimate of drug-likeness (QED) is 0.764. The summed E-state index contributed by atoms with van der Waals surface area (Å²) in [6.45, 7) is 3.39. The van der Waals surface area contributed by atoms with Crippen LogP contribution < -0.4 is 15.4 Å². The van der Waals surface area contributed by atoms with Gasteiger partial charge in [0.15, 0.2) is 0 Å². The molecule has 3 rings (SSSR count). The first-order chi connectivity index (χ1) is 14.4. The van der Waals surface area contributed by atoms with Crippen molar-refractivity contribution in [1.82, 2.24) is 15.5 Å². The van der Waals surface area contributed by atoms with Crippen molar-refractivity contribution in [3.05, 3.63) is 65.0 Å². The van der Waals surface area contributed by atoms with Gasteiger partial charge in [-0.2, -0.15) is 0 Å². The summed E-state index contributed by atoms with van der Waals surface area (Å²) in [5.74, 6) is -0.380. The fourth-order valence-electron chi connectivity index (χ4n) is 3.56. The molecular weight excluding hydrogens is 385 g/mol. The second-order valence-electron chi connectivity index (χ2n) is 7.54. The van der Waals surface area contributed by atoms with Crippen molar-refractivity contribution in [3.8, 4) is 5.75 Å². The van der Waals surface area contributed by atoms with Crippen LogP contribution in [0, 0.1) is 12.7 Å². The van der Waals surface area contributed by atoms with Gasteiger partial charge in [0, 0.05) is 31.3 Å². The zero-order valence-electron chi connectivity index (χ0n) is 17.6. The van der Waals surface area contributed by atoms with E-state index in [9.17, 15) is 14.0 Å². The molecule has 0 saturated carbocycles. The lowest BCUT2D eigenvalue weighted by atomic mass is 10.0. The van der Waals surface area contributed by atoms with Crippen LogP contribution in [0.25, 0.3) is 0 Å². The molecule has 1 aliphatic heterocycles. The number of likely N-dealkylation sites (N-methyl/N-ethyl adjacent to an activating group) is 1. The van der Waals surface area contributed by atoms with Gasteiger partial charge in [-0.15, -0.1) is 0 Å². The summed E-state index contributed by atoms with van der Waals surface area (Å²) < 4.78 is 20.3. The molecule has 1 fully saturated rings. The Morgan fingerprint density at radius 3 is 2.43 bits per heavy atom. The van der Waals surface area contributed by atoms with E-state index in [0.29, 0.717) is 22.4 Å². The van der Waals surface area contributed by atoms with Gasteiger partial charge in [-0.3, -0.25) is 9.59 Å². The number of amides is 2. The van der Waals surface area contributed by atoms with Gasteiger partial charge in [-0.1, -0.05) is 12.1 Å². The lowest BCUT2D eigenvalue weighted by molar-refractivity contribution is -0.140. The molecule has 0 bridgehead atoms. The Labute approximate surface area is 176 Å². The van der Waals surface area contributed by atoms with Gasteiger partial charge >= 0.3 is 0 Å². The van der Waals surface area contributed by atoms with E-state index in [1.54, 1.807) is 62.3 Å². The number of rotatable bonds is 6. The van der Waals surface area contributed by atoms with E-state index in [-0.39, 0.29) is 23.7 Å². The first-order valence-corrected chi connectivity index (χ1v) is 10.1. The Kier molecular flexibility index (Phi) is 7.05. The molecule has 0 spiro atoms. The molecule has 1 atom stereocenters. The maximum atomic E-state index is 14.2. The largest absolute Gasteiger partial charge is 0.476 e. The fraction of sp³-hybridized carbons (Fsp3) is 0.391. The monoisotopic (exact) mass is 413 g/mol. The number of aryl methyl sites for hydroxylation is 1. The highest BCUT2D eigenvalue weighted by Crippen LogP contribution is 2.27. The van der Waals surface area contributed by atoms with E-state index in [1.165, 1.54) is 6.07 Å². The molecule has 2 aromatic carbocycles. The lowest BCUT2D eigenvalue weighted by Gasteiger charge is -2.34. The molecule has 7 heteroatoms. The van der Waals surface area contributed by atoms with Gasteiger partial charge in [0.05, 0.1) is 0 Å². The molecule has 1 aliphatic rings. The highest BCUT2D eigenvalue weighted by Gasteiger charge is 2.31. The van der Waals surface area contributed by atoms with E-state index in [2.05, 4.69) is 10.6 Å². The van der Waals surface area contributed by atoms with Crippen LogP contribution in [-0.2, 0) is 4.79 Å². The van der Waals surface area contributed by atoms with Gasteiger partial charge in [-0.05, 0) is 68.8 Å². The number of carbonyl (C=O) groups is 2. The molecule has 0 aromatic heterocycles. The third-order valence-corrected chi connectivity index (χ3v) is 5.52. The van der Waals surface area contributed by atoms with Gasteiger partial charge in [-0.25, -0.2) is 4.39 Å². The molecule has 2 aromatic rings. The summed E-state index contributed by atoms with van der Waals surface area (Å²) in [6.07, 6.45) is 0.738. The van der Waals surface area contributed by atoms with Crippen LogP contribution in [0.3, 0.4) is 0 Å².